The molecule has 0 unspecified atom stereocenters. The molecule has 2 aromatic rings. The average Bonchev–Trinajstić information content (AvgIpc) is 2.51. The van der Waals surface area contributed by atoms with Crippen LogP contribution < -0.4 is 17.0 Å². The first-order valence-electron chi connectivity index (χ1n) is 7.22. The Bertz CT molecular complexity index is 1300. The smallest absolute Gasteiger partial charge is 0.296 e. The fourth-order valence-electron chi connectivity index (χ4n) is 2.26. The van der Waals surface area contributed by atoms with Crippen molar-refractivity contribution in [3.63, 3.8) is 0 Å². The number of nitrogens with two attached hydrogens (primary N) is 2. The second-order valence-electron chi connectivity index (χ2n) is 5.50. The third-order valence-electron chi connectivity index (χ3n) is 3.36. The van der Waals surface area contributed by atoms with Gasteiger partial charge in [-0.1, -0.05) is 0 Å². The molecule has 16 heteroatoms. The number of anilines is 1. The standard InChI is InChI=1S/C13H13N5O9S2/c14-5-1-2-8(29(25,26)27)7(3-5)17-18-10-6(4-28(22,23)24)9(11(15)19)12(20)16-13(10)21/h1-3H,4,14H2,(H2,15,19)(H2,16,20,21)(H,22,23,24)(H,25,26,27). The van der Waals surface area contributed by atoms with Crippen LogP contribution in [0.5, 0.6) is 5.88 Å². The van der Waals surface area contributed by atoms with Gasteiger partial charge in [0.1, 0.15) is 21.9 Å². The minimum absolute atomic E-state index is 0.00181. The molecule has 1 amide bonds. The number of carbonyl (C=O) groups excluding carboxylic acids is 1. The van der Waals surface area contributed by atoms with Gasteiger partial charge in [0.25, 0.3) is 31.7 Å². The molecule has 0 aliphatic carbocycles. The molecule has 0 bridgehead atoms. The molecule has 0 spiro atoms. The number of aromatic hydroxyl groups is 1. The number of aromatic amines is 1. The number of pyridine rings is 1. The normalized spacial score (nSPS) is 12.3. The molecule has 0 aliphatic rings. The van der Waals surface area contributed by atoms with E-state index in [9.17, 15) is 36.1 Å². The summed E-state index contributed by atoms with van der Waals surface area (Å²) >= 11 is 0. The SMILES string of the molecule is NC(=O)c1c(O)[nH]c(=O)c(N=Nc2cc(N)ccc2S(=O)(=O)O)c1CS(=O)(=O)O. The maximum atomic E-state index is 12.1. The van der Waals surface area contributed by atoms with Crippen molar-refractivity contribution >= 4 is 43.2 Å². The first-order chi connectivity index (χ1) is 13.2. The Morgan fingerprint density at radius 3 is 2.28 bits per heavy atom. The number of nitrogens with zero attached hydrogens (tertiary/aromatic N) is 2. The van der Waals surface area contributed by atoms with E-state index in [1.165, 1.54) is 0 Å². The number of aromatic nitrogens is 1. The number of amides is 1. The van der Waals surface area contributed by atoms with Crippen molar-refractivity contribution in [2.24, 2.45) is 16.0 Å². The zero-order valence-corrected chi connectivity index (χ0v) is 15.7. The molecular formula is C13H13N5O9S2. The van der Waals surface area contributed by atoms with E-state index in [1.54, 1.807) is 4.98 Å². The lowest BCUT2D eigenvalue weighted by molar-refractivity contribution is 0.0996. The van der Waals surface area contributed by atoms with Crippen LogP contribution in [0.2, 0.25) is 0 Å². The number of primary amides is 1. The van der Waals surface area contributed by atoms with Gasteiger partial charge in [-0.25, -0.2) is 0 Å². The Kier molecular flexibility index (Phi) is 5.74. The van der Waals surface area contributed by atoms with Crippen LogP contribution in [0.3, 0.4) is 0 Å². The largest absolute Gasteiger partial charge is 0.494 e. The Balaban J connectivity index is 2.80. The molecule has 29 heavy (non-hydrogen) atoms. The Morgan fingerprint density at radius 2 is 1.76 bits per heavy atom. The van der Waals surface area contributed by atoms with Crippen LogP contribution in [-0.4, -0.2) is 41.9 Å². The van der Waals surface area contributed by atoms with Gasteiger partial charge in [0.05, 0.1) is 0 Å². The summed E-state index contributed by atoms with van der Waals surface area (Å²) in [5.74, 6) is -3.79. The van der Waals surface area contributed by atoms with Gasteiger partial charge >= 0.3 is 0 Å². The highest BCUT2D eigenvalue weighted by molar-refractivity contribution is 7.86. The van der Waals surface area contributed by atoms with Gasteiger partial charge in [0.15, 0.2) is 5.69 Å². The molecule has 156 valence electrons. The summed E-state index contributed by atoms with van der Waals surface area (Å²) in [5, 5.41) is 16.6. The molecule has 0 atom stereocenters. The Morgan fingerprint density at radius 1 is 1.14 bits per heavy atom. The zero-order chi connectivity index (χ0) is 22.1. The molecule has 1 aromatic heterocycles. The predicted molar refractivity (Wildman–Crippen MR) is 97.3 cm³/mol. The molecule has 1 aromatic carbocycles. The number of nitrogens with one attached hydrogen (secondary N) is 1. The molecule has 14 nitrogen and oxygen atoms in total. The van der Waals surface area contributed by atoms with Crippen molar-refractivity contribution in [1.29, 1.82) is 0 Å². The molecule has 0 fully saturated rings. The third kappa shape index (κ3) is 5.13. The summed E-state index contributed by atoms with van der Waals surface area (Å²) < 4.78 is 63.7. The fraction of sp³-hybridized carbons (Fsp3) is 0.0769. The first kappa shape index (κ1) is 22.0. The van der Waals surface area contributed by atoms with E-state index in [0.717, 1.165) is 18.2 Å². The molecule has 8 N–H and O–H groups in total. The van der Waals surface area contributed by atoms with Gasteiger partial charge in [0, 0.05) is 11.3 Å². The zero-order valence-electron chi connectivity index (χ0n) is 14.1. The highest BCUT2D eigenvalue weighted by Gasteiger charge is 2.25. The van der Waals surface area contributed by atoms with Crippen LogP contribution in [0.4, 0.5) is 17.1 Å². The summed E-state index contributed by atoms with van der Waals surface area (Å²) in [4.78, 5) is 24.7. The number of azo groups is 1. The second-order valence-corrected chi connectivity index (χ2v) is 8.34. The lowest BCUT2D eigenvalue weighted by atomic mass is 10.1. The molecular weight excluding hydrogens is 434 g/mol. The summed E-state index contributed by atoms with van der Waals surface area (Å²) in [6.45, 7) is 0. The fourth-order valence-corrected chi connectivity index (χ4v) is 3.51. The number of carbonyl (C=O) groups is 1. The van der Waals surface area contributed by atoms with Crippen molar-refractivity contribution < 1.29 is 35.8 Å². The van der Waals surface area contributed by atoms with E-state index < -0.39 is 70.7 Å². The van der Waals surface area contributed by atoms with Crippen LogP contribution in [0.1, 0.15) is 15.9 Å². The van der Waals surface area contributed by atoms with Gasteiger partial charge in [-0.05, 0) is 18.2 Å². The van der Waals surface area contributed by atoms with Crippen molar-refractivity contribution in [1.82, 2.24) is 4.98 Å². The molecule has 1 heterocycles. The van der Waals surface area contributed by atoms with E-state index in [0.29, 0.717) is 0 Å². The van der Waals surface area contributed by atoms with Gasteiger partial charge in [0.2, 0.25) is 5.88 Å². The maximum absolute atomic E-state index is 12.1. The lowest BCUT2D eigenvalue weighted by Gasteiger charge is -2.09. The van der Waals surface area contributed by atoms with Crippen LogP contribution >= 0.6 is 0 Å². The van der Waals surface area contributed by atoms with Crippen LogP contribution in [0, 0.1) is 0 Å². The van der Waals surface area contributed by atoms with Gasteiger partial charge < -0.3 is 16.6 Å². The highest BCUT2D eigenvalue weighted by atomic mass is 32.2. The monoisotopic (exact) mass is 447 g/mol. The van der Waals surface area contributed by atoms with Gasteiger partial charge in [-0.3, -0.25) is 23.7 Å². The van der Waals surface area contributed by atoms with E-state index in [4.69, 9.17) is 16.0 Å². The lowest BCUT2D eigenvalue weighted by Crippen LogP contribution is -2.21. The first-order valence-corrected chi connectivity index (χ1v) is 10.3. The van der Waals surface area contributed by atoms with Crippen molar-refractivity contribution in [2.45, 2.75) is 10.6 Å². The second kappa shape index (κ2) is 7.59. The topological polar surface area (TPSA) is 256 Å². The van der Waals surface area contributed by atoms with Crippen LogP contribution in [-0.2, 0) is 26.0 Å². The summed E-state index contributed by atoms with van der Waals surface area (Å²) in [6, 6.07) is 3.00. The van der Waals surface area contributed by atoms with E-state index >= 15 is 0 Å². The predicted octanol–water partition coefficient (Wildman–Crippen LogP) is -0.188. The number of hydrogen-bond acceptors (Lipinski definition) is 10. The molecule has 0 radical (unpaired) electrons. The summed E-state index contributed by atoms with van der Waals surface area (Å²) in [5.41, 5.74) is 6.28. The quantitative estimate of drug-likeness (QED) is 0.193. The van der Waals surface area contributed by atoms with E-state index in [-0.39, 0.29) is 5.69 Å². The van der Waals surface area contributed by atoms with Crippen LogP contribution in [0.15, 0.2) is 38.1 Å². The maximum Gasteiger partial charge on any atom is 0.296 e. The van der Waals surface area contributed by atoms with E-state index in [2.05, 4.69) is 10.2 Å². The number of benzene rings is 1. The molecule has 0 saturated heterocycles. The highest BCUT2D eigenvalue weighted by Crippen LogP contribution is 2.31. The number of nitrogen functional groups attached to an aromatic ring is 1. The number of H-pyrrole nitrogens is 1. The minimum atomic E-state index is -4.84. The minimum Gasteiger partial charge on any atom is -0.494 e. The van der Waals surface area contributed by atoms with Gasteiger partial charge in [-0.2, -0.15) is 16.8 Å². The number of rotatable bonds is 6. The molecule has 2 rings (SSSR count). The molecule has 0 saturated carbocycles. The van der Waals surface area contributed by atoms with Crippen molar-refractivity contribution in [3.05, 3.63) is 39.7 Å². The average molecular weight is 447 g/mol. The van der Waals surface area contributed by atoms with Crippen LogP contribution in [0.25, 0.3) is 0 Å². The van der Waals surface area contributed by atoms with Crippen molar-refractivity contribution in [2.75, 3.05) is 5.73 Å². The number of hydrogen-bond donors (Lipinski definition) is 6. The Labute approximate surface area is 162 Å². The summed E-state index contributed by atoms with van der Waals surface area (Å²) in [7, 11) is -9.62. The van der Waals surface area contributed by atoms with Crippen molar-refractivity contribution in [3.8, 4) is 5.88 Å². The molecule has 0 aliphatic heterocycles. The van der Waals surface area contributed by atoms with E-state index in [1.807, 2.05) is 0 Å². The third-order valence-corrected chi connectivity index (χ3v) is 4.92. The van der Waals surface area contributed by atoms with Gasteiger partial charge in [-0.15, -0.1) is 10.2 Å². The summed E-state index contributed by atoms with van der Waals surface area (Å²) in [6.07, 6.45) is 0. The Hall–Kier alpha value is -3.34.